The number of nitrogens with zero attached hydrogens (tertiary/aromatic N) is 2. The summed E-state index contributed by atoms with van der Waals surface area (Å²) in [6, 6.07) is 8.14. The summed E-state index contributed by atoms with van der Waals surface area (Å²) in [7, 11) is 1.81. The van der Waals surface area contributed by atoms with Crippen LogP contribution in [-0.2, 0) is 11.3 Å². The van der Waals surface area contributed by atoms with Crippen molar-refractivity contribution in [1.29, 1.82) is 0 Å². The first-order valence-electron chi connectivity index (χ1n) is 9.89. The van der Waals surface area contributed by atoms with Gasteiger partial charge >= 0.3 is 0 Å². The molecule has 0 saturated carbocycles. The average molecular weight is 377 g/mol. The van der Waals surface area contributed by atoms with Gasteiger partial charge in [-0.3, -0.25) is 9.89 Å². The summed E-state index contributed by atoms with van der Waals surface area (Å²) in [5.74, 6) is 2.26. The van der Waals surface area contributed by atoms with Crippen molar-refractivity contribution in [3.05, 3.63) is 29.8 Å². The van der Waals surface area contributed by atoms with Crippen molar-refractivity contribution in [1.82, 2.24) is 15.5 Å². The van der Waals surface area contributed by atoms with Gasteiger partial charge in [-0.15, -0.1) is 0 Å². The lowest BCUT2D eigenvalue weighted by Gasteiger charge is -2.29. The Morgan fingerprint density at radius 1 is 1.22 bits per heavy atom. The molecule has 1 saturated heterocycles. The van der Waals surface area contributed by atoms with Crippen molar-refractivity contribution in [3.63, 3.8) is 0 Å². The number of ether oxygens (including phenoxy) is 2. The van der Waals surface area contributed by atoms with E-state index in [1.54, 1.807) is 7.05 Å². The van der Waals surface area contributed by atoms with Crippen LogP contribution >= 0.6 is 0 Å². The Labute approximate surface area is 164 Å². The first kappa shape index (κ1) is 21.5. The number of para-hydroxylation sites is 1. The second-order valence-corrected chi connectivity index (χ2v) is 8.15. The van der Waals surface area contributed by atoms with Gasteiger partial charge in [0.15, 0.2) is 5.96 Å². The Kier molecular flexibility index (Phi) is 8.38. The summed E-state index contributed by atoms with van der Waals surface area (Å²) >= 11 is 0. The fourth-order valence-electron chi connectivity index (χ4n) is 3.04. The molecular formula is C21H36N4O2. The molecule has 0 spiro atoms. The van der Waals surface area contributed by atoms with Crippen LogP contribution in [0, 0.1) is 5.92 Å². The van der Waals surface area contributed by atoms with Crippen LogP contribution in [0.2, 0.25) is 0 Å². The quantitative estimate of drug-likeness (QED) is 0.566. The van der Waals surface area contributed by atoms with Gasteiger partial charge in [-0.25, -0.2) is 0 Å². The maximum Gasteiger partial charge on any atom is 0.191 e. The molecule has 1 fully saturated rings. The van der Waals surface area contributed by atoms with Gasteiger partial charge in [0.05, 0.1) is 13.2 Å². The van der Waals surface area contributed by atoms with Crippen molar-refractivity contribution in [2.75, 3.05) is 46.4 Å². The van der Waals surface area contributed by atoms with Crippen LogP contribution < -0.4 is 15.4 Å². The predicted molar refractivity (Wildman–Crippen MR) is 111 cm³/mol. The monoisotopic (exact) mass is 376 g/mol. The van der Waals surface area contributed by atoms with Gasteiger partial charge in [0, 0.05) is 45.3 Å². The van der Waals surface area contributed by atoms with E-state index in [-0.39, 0.29) is 5.60 Å². The molecule has 1 aromatic carbocycles. The molecule has 152 valence electrons. The molecule has 6 heteroatoms. The smallest absolute Gasteiger partial charge is 0.191 e. The third-order valence-corrected chi connectivity index (χ3v) is 4.35. The maximum atomic E-state index is 6.07. The molecule has 1 aliphatic heterocycles. The molecular weight excluding hydrogens is 340 g/mol. The summed E-state index contributed by atoms with van der Waals surface area (Å²) in [5, 5.41) is 6.83. The minimum absolute atomic E-state index is 0.217. The molecule has 0 amide bonds. The van der Waals surface area contributed by atoms with Crippen LogP contribution in [0.4, 0.5) is 0 Å². The maximum absolute atomic E-state index is 6.07. The van der Waals surface area contributed by atoms with E-state index in [0.717, 1.165) is 56.7 Å². The van der Waals surface area contributed by atoms with Crippen LogP contribution in [-0.4, -0.2) is 62.9 Å². The van der Waals surface area contributed by atoms with Gasteiger partial charge in [-0.05, 0) is 32.8 Å². The highest BCUT2D eigenvalue weighted by Gasteiger charge is 2.15. The van der Waals surface area contributed by atoms with Crippen molar-refractivity contribution >= 4 is 5.96 Å². The fourth-order valence-corrected chi connectivity index (χ4v) is 3.04. The molecule has 0 aliphatic carbocycles. The molecule has 6 nitrogen and oxygen atoms in total. The molecule has 0 aromatic heterocycles. The van der Waals surface area contributed by atoms with E-state index in [1.807, 2.05) is 18.2 Å². The van der Waals surface area contributed by atoms with Gasteiger partial charge in [0.2, 0.25) is 0 Å². The Bertz CT molecular complexity index is 592. The van der Waals surface area contributed by atoms with Crippen molar-refractivity contribution in [2.24, 2.45) is 10.9 Å². The van der Waals surface area contributed by atoms with Crippen LogP contribution in [0.1, 0.15) is 33.3 Å². The van der Waals surface area contributed by atoms with E-state index in [4.69, 9.17) is 9.47 Å². The zero-order valence-corrected chi connectivity index (χ0v) is 17.5. The number of hydrogen-bond acceptors (Lipinski definition) is 4. The third kappa shape index (κ3) is 8.18. The van der Waals surface area contributed by atoms with E-state index in [9.17, 15) is 0 Å². The van der Waals surface area contributed by atoms with Gasteiger partial charge in [-0.1, -0.05) is 25.1 Å². The first-order chi connectivity index (χ1) is 12.9. The van der Waals surface area contributed by atoms with Crippen molar-refractivity contribution in [3.8, 4) is 5.75 Å². The molecule has 0 bridgehead atoms. The number of hydrogen-bond donors (Lipinski definition) is 2. The normalized spacial score (nSPS) is 17.4. The van der Waals surface area contributed by atoms with E-state index in [0.29, 0.717) is 12.5 Å². The predicted octanol–water partition coefficient (Wildman–Crippen LogP) is 2.50. The van der Waals surface area contributed by atoms with E-state index in [1.165, 1.54) is 0 Å². The van der Waals surface area contributed by atoms with Crippen LogP contribution in [0.15, 0.2) is 29.3 Å². The highest BCUT2D eigenvalue weighted by atomic mass is 16.5. The molecule has 0 radical (unpaired) electrons. The lowest BCUT2D eigenvalue weighted by molar-refractivity contribution is 0.0320. The topological polar surface area (TPSA) is 58.1 Å². The zero-order valence-electron chi connectivity index (χ0n) is 17.5. The van der Waals surface area contributed by atoms with E-state index < -0.39 is 0 Å². The minimum Gasteiger partial charge on any atom is -0.488 e. The van der Waals surface area contributed by atoms with Crippen LogP contribution in [0.5, 0.6) is 5.75 Å². The highest BCUT2D eigenvalue weighted by Crippen LogP contribution is 2.22. The fraction of sp³-hybridized carbons (Fsp3) is 0.667. The summed E-state index contributed by atoms with van der Waals surface area (Å²) in [4.78, 5) is 6.81. The summed E-state index contributed by atoms with van der Waals surface area (Å²) in [6.07, 6.45) is 0. The summed E-state index contributed by atoms with van der Waals surface area (Å²) in [5.41, 5.74) is 0.905. The standard InChI is InChI=1S/C21H36N4O2/c1-17(16-25-10-12-26-13-11-25)14-23-20(22-5)24-15-18-8-6-7-9-19(18)27-21(2,3)4/h6-9,17H,10-16H2,1-5H3,(H2,22,23,24). The number of nitrogens with one attached hydrogen (secondary N) is 2. The summed E-state index contributed by atoms with van der Waals surface area (Å²) in [6.45, 7) is 14.8. The lowest BCUT2D eigenvalue weighted by atomic mass is 10.1. The van der Waals surface area contributed by atoms with Crippen LogP contribution in [0.25, 0.3) is 0 Å². The lowest BCUT2D eigenvalue weighted by Crippen LogP contribution is -2.43. The number of benzene rings is 1. The summed E-state index contributed by atoms with van der Waals surface area (Å²) < 4.78 is 11.5. The zero-order chi connectivity index (χ0) is 19.7. The number of morpholine rings is 1. The Balaban J connectivity index is 1.80. The Morgan fingerprint density at radius 3 is 2.59 bits per heavy atom. The number of guanidine groups is 1. The van der Waals surface area contributed by atoms with Gasteiger partial charge in [0.1, 0.15) is 11.4 Å². The average Bonchev–Trinajstić information content (AvgIpc) is 2.62. The molecule has 27 heavy (non-hydrogen) atoms. The second kappa shape index (κ2) is 10.5. The Hall–Kier alpha value is -1.79. The molecule has 2 rings (SSSR count). The van der Waals surface area contributed by atoms with Gasteiger partial charge in [-0.2, -0.15) is 0 Å². The molecule has 2 N–H and O–H groups in total. The van der Waals surface area contributed by atoms with Crippen LogP contribution in [0.3, 0.4) is 0 Å². The van der Waals surface area contributed by atoms with Crippen molar-refractivity contribution in [2.45, 2.75) is 39.8 Å². The van der Waals surface area contributed by atoms with E-state index in [2.05, 4.69) is 54.3 Å². The third-order valence-electron chi connectivity index (χ3n) is 4.35. The van der Waals surface area contributed by atoms with Crippen molar-refractivity contribution < 1.29 is 9.47 Å². The van der Waals surface area contributed by atoms with Gasteiger partial charge in [0.25, 0.3) is 0 Å². The van der Waals surface area contributed by atoms with Gasteiger partial charge < -0.3 is 20.1 Å². The minimum atomic E-state index is -0.217. The first-order valence-corrected chi connectivity index (χ1v) is 9.89. The largest absolute Gasteiger partial charge is 0.488 e. The Morgan fingerprint density at radius 2 is 1.93 bits per heavy atom. The molecule has 1 heterocycles. The molecule has 1 atom stereocenters. The SMILES string of the molecule is CN=C(NCc1ccccc1OC(C)(C)C)NCC(C)CN1CCOCC1. The number of rotatable bonds is 7. The molecule has 1 unspecified atom stereocenters. The molecule has 1 aliphatic rings. The van der Waals surface area contributed by atoms with E-state index >= 15 is 0 Å². The highest BCUT2D eigenvalue weighted by molar-refractivity contribution is 5.79. The molecule has 1 aromatic rings. The second-order valence-electron chi connectivity index (χ2n) is 8.15. The number of aliphatic imine (C=N–C) groups is 1.